The van der Waals surface area contributed by atoms with E-state index in [-0.39, 0.29) is 17.7 Å². The summed E-state index contributed by atoms with van der Waals surface area (Å²) in [7, 11) is 1.50. The number of carbonyl (C=O) groups is 2. The van der Waals surface area contributed by atoms with Crippen LogP contribution >= 0.6 is 0 Å². The van der Waals surface area contributed by atoms with E-state index >= 15 is 0 Å². The standard InChI is InChI=1S/C12H23NO4/c1-12(2,3)7-5-10(14)13-9(11(15)16)6-8-17-4/h9H,5-8H2,1-4H3,(H,13,14)(H,15,16). The molecule has 0 saturated carbocycles. The van der Waals surface area contributed by atoms with Gasteiger partial charge >= 0.3 is 5.97 Å². The quantitative estimate of drug-likeness (QED) is 0.711. The summed E-state index contributed by atoms with van der Waals surface area (Å²) in [5, 5.41) is 11.4. The molecule has 0 aliphatic heterocycles. The fraction of sp³-hybridized carbons (Fsp3) is 0.833. The second-order valence-electron chi connectivity index (χ2n) is 5.30. The van der Waals surface area contributed by atoms with E-state index in [1.807, 2.05) is 20.8 Å². The van der Waals surface area contributed by atoms with Crippen LogP contribution in [0.5, 0.6) is 0 Å². The third kappa shape index (κ3) is 8.68. The van der Waals surface area contributed by atoms with E-state index in [0.717, 1.165) is 6.42 Å². The predicted molar refractivity (Wildman–Crippen MR) is 64.7 cm³/mol. The lowest BCUT2D eigenvalue weighted by atomic mass is 9.90. The van der Waals surface area contributed by atoms with Gasteiger partial charge in [-0.25, -0.2) is 4.79 Å². The van der Waals surface area contributed by atoms with Crippen molar-refractivity contribution in [1.29, 1.82) is 0 Å². The van der Waals surface area contributed by atoms with Crippen LogP contribution in [0.15, 0.2) is 0 Å². The van der Waals surface area contributed by atoms with Crippen LogP contribution in [0.4, 0.5) is 0 Å². The Hall–Kier alpha value is -1.10. The maximum atomic E-state index is 11.6. The largest absolute Gasteiger partial charge is 0.480 e. The Morgan fingerprint density at radius 3 is 2.35 bits per heavy atom. The fourth-order valence-corrected chi connectivity index (χ4v) is 1.25. The Bertz CT molecular complexity index is 258. The first-order valence-corrected chi connectivity index (χ1v) is 5.77. The van der Waals surface area contributed by atoms with Crippen molar-refractivity contribution < 1.29 is 19.4 Å². The Morgan fingerprint density at radius 1 is 1.35 bits per heavy atom. The van der Waals surface area contributed by atoms with E-state index in [1.165, 1.54) is 7.11 Å². The first-order chi connectivity index (χ1) is 7.76. The molecule has 0 aliphatic carbocycles. The summed E-state index contributed by atoms with van der Waals surface area (Å²) in [5.74, 6) is -1.24. The molecule has 0 spiro atoms. The summed E-state index contributed by atoms with van der Waals surface area (Å²) in [4.78, 5) is 22.4. The summed E-state index contributed by atoms with van der Waals surface area (Å²) >= 11 is 0. The first kappa shape index (κ1) is 15.9. The number of aliphatic carboxylic acids is 1. The molecular formula is C12H23NO4. The molecule has 0 radical (unpaired) electrons. The molecule has 1 atom stereocenters. The van der Waals surface area contributed by atoms with Crippen LogP contribution in [0.25, 0.3) is 0 Å². The SMILES string of the molecule is COCCC(NC(=O)CCC(C)(C)C)C(=O)O. The second-order valence-corrected chi connectivity index (χ2v) is 5.30. The summed E-state index contributed by atoms with van der Waals surface area (Å²) < 4.78 is 4.80. The number of nitrogens with one attached hydrogen (secondary N) is 1. The van der Waals surface area contributed by atoms with Crippen LogP contribution in [-0.4, -0.2) is 36.7 Å². The molecule has 5 nitrogen and oxygen atoms in total. The van der Waals surface area contributed by atoms with Gasteiger partial charge in [-0.1, -0.05) is 20.8 Å². The highest BCUT2D eigenvalue weighted by atomic mass is 16.5. The minimum Gasteiger partial charge on any atom is -0.480 e. The Labute approximate surface area is 103 Å². The van der Waals surface area contributed by atoms with E-state index < -0.39 is 12.0 Å². The normalized spacial score (nSPS) is 13.2. The fourth-order valence-electron chi connectivity index (χ4n) is 1.25. The number of carboxylic acid groups (broad SMARTS) is 1. The lowest BCUT2D eigenvalue weighted by Crippen LogP contribution is -2.41. The van der Waals surface area contributed by atoms with Crippen molar-refractivity contribution in [2.75, 3.05) is 13.7 Å². The predicted octanol–water partition coefficient (Wildman–Crippen LogP) is 1.42. The highest BCUT2D eigenvalue weighted by Gasteiger charge is 2.20. The zero-order chi connectivity index (χ0) is 13.5. The molecule has 0 rings (SSSR count). The smallest absolute Gasteiger partial charge is 0.326 e. The zero-order valence-corrected chi connectivity index (χ0v) is 11.1. The van der Waals surface area contributed by atoms with Crippen molar-refractivity contribution in [2.24, 2.45) is 5.41 Å². The highest BCUT2D eigenvalue weighted by molar-refractivity contribution is 5.83. The van der Waals surface area contributed by atoms with E-state index in [1.54, 1.807) is 0 Å². The number of amides is 1. The van der Waals surface area contributed by atoms with Crippen molar-refractivity contribution >= 4 is 11.9 Å². The van der Waals surface area contributed by atoms with E-state index in [2.05, 4.69) is 5.32 Å². The molecule has 0 saturated heterocycles. The van der Waals surface area contributed by atoms with Crippen LogP contribution in [0.3, 0.4) is 0 Å². The van der Waals surface area contributed by atoms with E-state index in [9.17, 15) is 9.59 Å². The van der Waals surface area contributed by atoms with Gasteiger partial charge in [0.1, 0.15) is 6.04 Å². The van der Waals surface area contributed by atoms with Gasteiger partial charge in [0.15, 0.2) is 0 Å². The minimum absolute atomic E-state index is 0.0720. The van der Waals surface area contributed by atoms with Gasteiger partial charge in [-0.05, 0) is 11.8 Å². The topological polar surface area (TPSA) is 75.6 Å². The minimum atomic E-state index is -1.02. The number of ether oxygens (including phenoxy) is 1. The molecule has 2 N–H and O–H groups in total. The second kappa shape index (κ2) is 7.27. The number of hydrogen-bond acceptors (Lipinski definition) is 3. The lowest BCUT2D eigenvalue weighted by molar-refractivity contribution is -0.142. The third-order valence-corrected chi connectivity index (χ3v) is 2.35. The molecule has 0 heterocycles. The summed E-state index contributed by atoms with van der Waals surface area (Å²) in [6.07, 6.45) is 1.36. The zero-order valence-electron chi connectivity index (χ0n) is 11.1. The number of rotatable bonds is 7. The van der Waals surface area contributed by atoms with Gasteiger partial charge in [0.25, 0.3) is 0 Å². The third-order valence-electron chi connectivity index (χ3n) is 2.35. The molecule has 0 fully saturated rings. The molecule has 1 amide bonds. The Kier molecular flexibility index (Phi) is 6.80. The molecule has 0 aromatic rings. The lowest BCUT2D eigenvalue weighted by Gasteiger charge is -2.19. The van der Waals surface area contributed by atoms with Crippen LogP contribution in [-0.2, 0) is 14.3 Å². The summed E-state index contributed by atoms with van der Waals surface area (Å²) in [6, 6.07) is -0.859. The maximum Gasteiger partial charge on any atom is 0.326 e. The molecule has 5 heteroatoms. The van der Waals surface area contributed by atoms with Crippen LogP contribution < -0.4 is 5.32 Å². The monoisotopic (exact) mass is 245 g/mol. The summed E-state index contributed by atoms with van der Waals surface area (Å²) in [6.45, 7) is 6.44. The molecule has 0 aromatic heterocycles. The number of carbonyl (C=O) groups excluding carboxylic acids is 1. The van der Waals surface area contributed by atoms with Gasteiger partial charge in [0.05, 0.1) is 0 Å². The van der Waals surface area contributed by atoms with Crippen LogP contribution in [0.2, 0.25) is 0 Å². The maximum absolute atomic E-state index is 11.6. The molecular weight excluding hydrogens is 222 g/mol. The Balaban J connectivity index is 4.08. The van der Waals surface area contributed by atoms with Crippen molar-refractivity contribution in [3.8, 4) is 0 Å². The Morgan fingerprint density at radius 2 is 1.94 bits per heavy atom. The van der Waals surface area contributed by atoms with Crippen molar-refractivity contribution in [3.63, 3.8) is 0 Å². The summed E-state index contributed by atoms with van der Waals surface area (Å²) in [5.41, 5.74) is 0.0720. The first-order valence-electron chi connectivity index (χ1n) is 5.77. The van der Waals surface area contributed by atoms with Gasteiger partial charge in [0.2, 0.25) is 5.91 Å². The van der Waals surface area contributed by atoms with E-state index in [0.29, 0.717) is 13.0 Å². The molecule has 1 unspecified atom stereocenters. The van der Waals surface area contributed by atoms with Crippen molar-refractivity contribution in [3.05, 3.63) is 0 Å². The number of methoxy groups -OCH3 is 1. The van der Waals surface area contributed by atoms with Gasteiger partial charge in [0, 0.05) is 26.6 Å². The van der Waals surface area contributed by atoms with Gasteiger partial charge < -0.3 is 15.2 Å². The van der Waals surface area contributed by atoms with Gasteiger partial charge in [-0.2, -0.15) is 0 Å². The van der Waals surface area contributed by atoms with Crippen LogP contribution in [0, 0.1) is 5.41 Å². The van der Waals surface area contributed by atoms with Crippen molar-refractivity contribution in [1.82, 2.24) is 5.32 Å². The highest BCUT2D eigenvalue weighted by Crippen LogP contribution is 2.20. The number of carboxylic acids is 1. The molecule has 0 aliphatic rings. The van der Waals surface area contributed by atoms with Gasteiger partial charge in [-0.15, -0.1) is 0 Å². The van der Waals surface area contributed by atoms with Crippen molar-refractivity contribution in [2.45, 2.75) is 46.1 Å². The average molecular weight is 245 g/mol. The molecule has 0 bridgehead atoms. The average Bonchev–Trinajstić information content (AvgIpc) is 2.19. The van der Waals surface area contributed by atoms with Gasteiger partial charge in [-0.3, -0.25) is 4.79 Å². The molecule has 0 aromatic carbocycles. The van der Waals surface area contributed by atoms with E-state index in [4.69, 9.17) is 9.84 Å². The van der Waals surface area contributed by atoms with Crippen LogP contribution in [0.1, 0.15) is 40.0 Å². The molecule has 17 heavy (non-hydrogen) atoms. The molecule has 100 valence electrons. The number of hydrogen-bond donors (Lipinski definition) is 2.